The number of aromatic carboxylic acids is 1. The summed E-state index contributed by atoms with van der Waals surface area (Å²) in [7, 11) is 0. The van der Waals surface area contributed by atoms with Crippen molar-refractivity contribution >= 4 is 17.7 Å². The lowest BCUT2D eigenvalue weighted by molar-refractivity contribution is 0.0697. The van der Waals surface area contributed by atoms with Gasteiger partial charge in [0.15, 0.2) is 5.16 Å². The van der Waals surface area contributed by atoms with E-state index in [2.05, 4.69) is 15.2 Å². The van der Waals surface area contributed by atoms with Crippen LogP contribution in [0.15, 0.2) is 40.4 Å². The Morgan fingerprint density at radius 1 is 1.44 bits per heavy atom. The normalized spacial score (nSPS) is 10.2. The molecule has 2 N–H and O–H groups in total. The third-order valence-electron chi connectivity index (χ3n) is 2.10. The first-order chi connectivity index (χ1) is 8.65. The van der Waals surface area contributed by atoms with Gasteiger partial charge in [0.25, 0.3) is 5.56 Å². The number of thioether (sulfide) groups is 1. The predicted octanol–water partition coefficient (Wildman–Crippen LogP) is 1.16. The minimum atomic E-state index is -0.963. The number of carboxylic acid groups (broad SMARTS) is 1. The number of H-pyrrole nitrogens is 1. The number of aromatic amines is 1. The molecule has 0 saturated carbocycles. The molecule has 92 valence electrons. The van der Waals surface area contributed by atoms with Crippen LogP contribution in [0, 0.1) is 0 Å². The van der Waals surface area contributed by atoms with E-state index in [1.54, 1.807) is 12.1 Å². The second kappa shape index (κ2) is 5.46. The summed E-state index contributed by atoms with van der Waals surface area (Å²) in [5, 5.41) is 16.5. The number of nitrogens with zero attached hydrogens (tertiary/aromatic N) is 2. The van der Waals surface area contributed by atoms with Crippen molar-refractivity contribution in [3.8, 4) is 0 Å². The summed E-state index contributed by atoms with van der Waals surface area (Å²) in [6, 6.07) is 6.61. The third-order valence-corrected chi connectivity index (χ3v) is 3.04. The fourth-order valence-corrected chi connectivity index (χ4v) is 2.07. The summed E-state index contributed by atoms with van der Waals surface area (Å²) in [5.41, 5.74) is 0.763. The molecule has 0 amide bonds. The maximum atomic E-state index is 11.0. The molecular formula is C11H9N3O3S. The lowest BCUT2D eigenvalue weighted by Gasteiger charge is -2.01. The summed E-state index contributed by atoms with van der Waals surface area (Å²) in [5.74, 6) is -0.454. The highest BCUT2D eigenvalue weighted by atomic mass is 32.2. The molecule has 0 aliphatic carbocycles. The Morgan fingerprint density at radius 2 is 2.28 bits per heavy atom. The van der Waals surface area contributed by atoms with Crippen LogP contribution in [0.25, 0.3) is 0 Å². The summed E-state index contributed by atoms with van der Waals surface area (Å²) < 4.78 is 0. The fraction of sp³-hybridized carbons (Fsp3) is 0.0909. The first kappa shape index (κ1) is 12.3. The van der Waals surface area contributed by atoms with Crippen LogP contribution >= 0.6 is 11.8 Å². The third kappa shape index (κ3) is 3.17. The average Bonchev–Trinajstić information content (AvgIpc) is 2.37. The monoisotopic (exact) mass is 263 g/mol. The largest absolute Gasteiger partial charge is 0.478 e. The maximum absolute atomic E-state index is 11.0. The van der Waals surface area contributed by atoms with Crippen molar-refractivity contribution in [2.75, 3.05) is 0 Å². The second-order valence-corrected chi connectivity index (χ2v) is 4.40. The van der Waals surface area contributed by atoms with Gasteiger partial charge in [-0.2, -0.15) is 5.10 Å². The van der Waals surface area contributed by atoms with E-state index in [4.69, 9.17) is 5.11 Å². The van der Waals surface area contributed by atoms with E-state index >= 15 is 0 Å². The highest BCUT2D eigenvalue weighted by molar-refractivity contribution is 7.98. The summed E-state index contributed by atoms with van der Waals surface area (Å²) in [4.78, 5) is 24.3. The molecule has 18 heavy (non-hydrogen) atoms. The number of benzene rings is 1. The van der Waals surface area contributed by atoms with E-state index in [-0.39, 0.29) is 11.1 Å². The molecule has 0 saturated heterocycles. The summed E-state index contributed by atoms with van der Waals surface area (Å²) in [6.45, 7) is 0. The number of hydrogen-bond acceptors (Lipinski definition) is 5. The molecule has 0 unspecified atom stereocenters. The summed E-state index contributed by atoms with van der Waals surface area (Å²) in [6.07, 6.45) is 1.09. The van der Waals surface area contributed by atoms with Crippen molar-refractivity contribution in [2.24, 2.45) is 0 Å². The molecule has 1 aromatic carbocycles. The molecule has 0 bridgehead atoms. The highest BCUT2D eigenvalue weighted by Crippen LogP contribution is 2.18. The van der Waals surface area contributed by atoms with Gasteiger partial charge in [-0.15, -0.1) is 5.10 Å². The van der Waals surface area contributed by atoms with E-state index in [1.165, 1.54) is 17.8 Å². The first-order valence-corrected chi connectivity index (χ1v) is 6.01. The van der Waals surface area contributed by atoms with E-state index in [1.807, 2.05) is 6.07 Å². The first-order valence-electron chi connectivity index (χ1n) is 5.02. The quantitative estimate of drug-likeness (QED) is 0.803. The topological polar surface area (TPSA) is 95.9 Å². The number of carboxylic acids is 1. The smallest absolute Gasteiger partial charge is 0.335 e. The van der Waals surface area contributed by atoms with Crippen molar-refractivity contribution in [1.82, 2.24) is 15.2 Å². The minimum absolute atomic E-state index is 0.237. The Hall–Kier alpha value is -2.15. The lowest BCUT2D eigenvalue weighted by Crippen LogP contribution is -2.08. The van der Waals surface area contributed by atoms with Gasteiger partial charge in [-0.05, 0) is 17.7 Å². The molecule has 1 aromatic heterocycles. The van der Waals surface area contributed by atoms with Crippen LogP contribution in [0.3, 0.4) is 0 Å². The van der Waals surface area contributed by atoms with Gasteiger partial charge in [0.1, 0.15) is 6.20 Å². The van der Waals surface area contributed by atoms with Crippen LogP contribution in [0.1, 0.15) is 15.9 Å². The zero-order valence-corrected chi connectivity index (χ0v) is 9.98. The Morgan fingerprint density at radius 3 is 3.00 bits per heavy atom. The Balaban J connectivity index is 2.08. The zero-order chi connectivity index (χ0) is 13.0. The van der Waals surface area contributed by atoms with Gasteiger partial charge >= 0.3 is 5.97 Å². The molecule has 0 fully saturated rings. The Bertz CT molecular complexity index is 627. The van der Waals surface area contributed by atoms with Crippen LogP contribution < -0.4 is 5.56 Å². The molecule has 0 aliphatic rings. The predicted molar refractivity (Wildman–Crippen MR) is 65.6 cm³/mol. The summed E-state index contributed by atoms with van der Waals surface area (Å²) >= 11 is 1.29. The van der Waals surface area contributed by atoms with E-state index in [0.717, 1.165) is 11.8 Å². The Kier molecular flexibility index (Phi) is 3.73. The Labute approximate surface area is 106 Å². The van der Waals surface area contributed by atoms with Crippen LogP contribution in [0.2, 0.25) is 0 Å². The van der Waals surface area contributed by atoms with Gasteiger partial charge in [-0.1, -0.05) is 23.9 Å². The molecule has 0 aliphatic heterocycles. The van der Waals surface area contributed by atoms with Crippen molar-refractivity contribution in [3.63, 3.8) is 0 Å². The van der Waals surface area contributed by atoms with Gasteiger partial charge in [0.05, 0.1) is 5.56 Å². The number of carbonyl (C=O) groups is 1. The van der Waals surface area contributed by atoms with Crippen LogP contribution in [0.5, 0.6) is 0 Å². The van der Waals surface area contributed by atoms with Crippen LogP contribution in [-0.2, 0) is 5.75 Å². The molecule has 1 heterocycles. The molecule has 7 heteroatoms. The van der Waals surface area contributed by atoms with Gasteiger partial charge in [0, 0.05) is 5.75 Å². The maximum Gasteiger partial charge on any atom is 0.335 e. The molecule has 0 radical (unpaired) electrons. The van der Waals surface area contributed by atoms with Crippen LogP contribution in [0.4, 0.5) is 0 Å². The molecule has 0 spiro atoms. The minimum Gasteiger partial charge on any atom is -0.478 e. The number of rotatable bonds is 4. The van der Waals surface area contributed by atoms with Crippen molar-refractivity contribution in [2.45, 2.75) is 10.9 Å². The standard InChI is InChI=1S/C11H9N3O3S/c15-9-5-12-14-11(13-9)18-6-7-2-1-3-8(4-7)10(16)17/h1-5H,6H2,(H,16,17)(H,13,14,15). The molecule has 2 aromatic rings. The SMILES string of the molecule is O=C(O)c1cccc(CSc2nncc(=O)[nH]2)c1. The molecule has 2 rings (SSSR count). The average molecular weight is 263 g/mol. The molecular weight excluding hydrogens is 254 g/mol. The van der Waals surface area contributed by atoms with Gasteiger partial charge in [-0.25, -0.2) is 4.79 Å². The number of nitrogens with one attached hydrogen (secondary N) is 1. The van der Waals surface area contributed by atoms with Crippen molar-refractivity contribution in [1.29, 1.82) is 0 Å². The van der Waals surface area contributed by atoms with Gasteiger partial charge in [-0.3, -0.25) is 9.78 Å². The molecule has 6 nitrogen and oxygen atoms in total. The highest BCUT2D eigenvalue weighted by Gasteiger charge is 2.04. The van der Waals surface area contributed by atoms with E-state index in [9.17, 15) is 9.59 Å². The van der Waals surface area contributed by atoms with Crippen molar-refractivity contribution < 1.29 is 9.90 Å². The van der Waals surface area contributed by atoms with Gasteiger partial charge in [0.2, 0.25) is 0 Å². The van der Waals surface area contributed by atoms with E-state index < -0.39 is 5.97 Å². The zero-order valence-electron chi connectivity index (χ0n) is 9.16. The van der Waals surface area contributed by atoms with Crippen LogP contribution in [-0.4, -0.2) is 26.3 Å². The number of aromatic nitrogens is 3. The van der Waals surface area contributed by atoms with Gasteiger partial charge < -0.3 is 5.11 Å². The molecule has 0 atom stereocenters. The van der Waals surface area contributed by atoms with Crippen molar-refractivity contribution in [3.05, 3.63) is 51.9 Å². The number of hydrogen-bond donors (Lipinski definition) is 2. The second-order valence-electron chi connectivity index (χ2n) is 3.43. The van der Waals surface area contributed by atoms with E-state index in [0.29, 0.717) is 10.9 Å². The lowest BCUT2D eigenvalue weighted by atomic mass is 10.1. The fourth-order valence-electron chi connectivity index (χ4n) is 1.31.